The van der Waals surface area contributed by atoms with E-state index in [2.05, 4.69) is 53.3 Å². The number of benzene rings is 1. The summed E-state index contributed by atoms with van der Waals surface area (Å²) in [5, 5.41) is 3.38. The van der Waals surface area contributed by atoms with Gasteiger partial charge in [0, 0.05) is 30.5 Å². The number of piperidine rings is 1. The summed E-state index contributed by atoms with van der Waals surface area (Å²) in [6, 6.07) is 8.47. The zero-order chi connectivity index (χ0) is 15.5. The van der Waals surface area contributed by atoms with Crippen molar-refractivity contribution in [1.82, 2.24) is 9.97 Å². The second-order valence-electron chi connectivity index (χ2n) is 6.18. The molecule has 0 saturated carbocycles. The zero-order valence-corrected chi connectivity index (χ0v) is 13.7. The molecule has 2 aromatic rings. The summed E-state index contributed by atoms with van der Waals surface area (Å²) < 4.78 is 0. The van der Waals surface area contributed by atoms with Crippen molar-refractivity contribution in [2.45, 2.75) is 40.0 Å². The molecule has 1 aromatic heterocycles. The first-order chi connectivity index (χ1) is 10.6. The topological polar surface area (TPSA) is 41.1 Å². The highest BCUT2D eigenvalue weighted by Gasteiger charge is 2.14. The Bertz CT molecular complexity index is 660. The van der Waals surface area contributed by atoms with Gasteiger partial charge in [-0.3, -0.25) is 0 Å². The molecule has 1 aliphatic rings. The maximum absolute atomic E-state index is 4.73. The van der Waals surface area contributed by atoms with Gasteiger partial charge in [0.05, 0.1) is 0 Å². The number of rotatable bonds is 3. The normalized spacial score (nSPS) is 15.0. The van der Waals surface area contributed by atoms with Crippen LogP contribution in [0.15, 0.2) is 24.3 Å². The van der Waals surface area contributed by atoms with Gasteiger partial charge in [0.25, 0.3) is 0 Å². The van der Waals surface area contributed by atoms with Crippen LogP contribution < -0.4 is 10.2 Å². The van der Waals surface area contributed by atoms with Crippen LogP contribution in [0.5, 0.6) is 0 Å². The summed E-state index contributed by atoms with van der Waals surface area (Å²) >= 11 is 0. The first-order valence-corrected chi connectivity index (χ1v) is 8.07. The molecule has 2 heterocycles. The van der Waals surface area contributed by atoms with Crippen LogP contribution in [0.1, 0.15) is 36.1 Å². The third-order valence-corrected chi connectivity index (χ3v) is 4.16. The summed E-state index contributed by atoms with van der Waals surface area (Å²) in [6.07, 6.45) is 3.83. The third kappa shape index (κ3) is 3.38. The number of aromatic nitrogens is 2. The van der Waals surface area contributed by atoms with Gasteiger partial charge in [-0.15, -0.1) is 0 Å². The molecule has 3 rings (SSSR count). The molecule has 22 heavy (non-hydrogen) atoms. The van der Waals surface area contributed by atoms with Crippen molar-refractivity contribution < 1.29 is 0 Å². The van der Waals surface area contributed by atoms with E-state index in [1.165, 1.54) is 30.4 Å². The van der Waals surface area contributed by atoms with Crippen molar-refractivity contribution in [2.24, 2.45) is 0 Å². The summed E-state index contributed by atoms with van der Waals surface area (Å²) in [5.74, 6) is 1.73. The number of hydrogen-bond donors (Lipinski definition) is 1. The SMILES string of the molecule is Cc1ccc(C)c(Nc2nc(C)cc(N3CCCCC3)n2)c1. The average Bonchev–Trinajstić information content (AvgIpc) is 2.51. The van der Waals surface area contributed by atoms with Gasteiger partial charge in [0.15, 0.2) is 0 Å². The summed E-state index contributed by atoms with van der Waals surface area (Å²) in [4.78, 5) is 11.6. The van der Waals surface area contributed by atoms with Crippen LogP contribution in [0.25, 0.3) is 0 Å². The molecule has 116 valence electrons. The Labute approximate surface area is 132 Å². The molecule has 1 fully saturated rings. The fourth-order valence-corrected chi connectivity index (χ4v) is 2.88. The first kappa shape index (κ1) is 14.8. The molecule has 0 unspecified atom stereocenters. The van der Waals surface area contributed by atoms with E-state index < -0.39 is 0 Å². The molecule has 1 N–H and O–H groups in total. The molecular weight excluding hydrogens is 272 g/mol. The Kier molecular flexibility index (Phi) is 4.27. The maximum atomic E-state index is 4.73. The van der Waals surface area contributed by atoms with Crippen LogP contribution in [-0.2, 0) is 0 Å². The molecule has 1 saturated heterocycles. The van der Waals surface area contributed by atoms with Gasteiger partial charge < -0.3 is 10.2 Å². The predicted octanol–water partition coefficient (Wildman–Crippen LogP) is 4.14. The Morgan fingerprint density at radius 2 is 1.73 bits per heavy atom. The van der Waals surface area contributed by atoms with Crippen LogP contribution in [0, 0.1) is 20.8 Å². The predicted molar refractivity (Wildman–Crippen MR) is 92.0 cm³/mol. The second-order valence-corrected chi connectivity index (χ2v) is 6.18. The van der Waals surface area contributed by atoms with E-state index in [0.29, 0.717) is 5.95 Å². The minimum atomic E-state index is 0.689. The Hall–Kier alpha value is -2.10. The molecule has 0 aliphatic carbocycles. The van der Waals surface area contributed by atoms with Gasteiger partial charge in [-0.05, 0) is 57.2 Å². The van der Waals surface area contributed by atoms with Crippen molar-refractivity contribution in [1.29, 1.82) is 0 Å². The monoisotopic (exact) mass is 296 g/mol. The molecule has 1 aromatic carbocycles. The second kappa shape index (κ2) is 6.34. The lowest BCUT2D eigenvalue weighted by molar-refractivity contribution is 0.573. The van der Waals surface area contributed by atoms with Crippen molar-refractivity contribution in [2.75, 3.05) is 23.3 Å². The molecule has 4 nitrogen and oxygen atoms in total. The lowest BCUT2D eigenvalue weighted by Crippen LogP contribution is -2.30. The minimum Gasteiger partial charge on any atom is -0.356 e. The quantitative estimate of drug-likeness (QED) is 0.924. The van der Waals surface area contributed by atoms with Crippen molar-refractivity contribution in [3.63, 3.8) is 0 Å². The first-order valence-electron chi connectivity index (χ1n) is 8.07. The lowest BCUT2D eigenvalue weighted by Gasteiger charge is -2.28. The van der Waals surface area contributed by atoms with Gasteiger partial charge in [-0.1, -0.05) is 12.1 Å². The summed E-state index contributed by atoms with van der Waals surface area (Å²) in [6.45, 7) is 8.42. The van der Waals surface area contributed by atoms with Crippen molar-refractivity contribution in [3.8, 4) is 0 Å². The van der Waals surface area contributed by atoms with Crippen LogP contribution >= 0.6 is 0 Å². The molecular formula is C18H24N4. The van der Waals surface area contributed by atoms with Gasteiger partial charge in [0.1, 0.15) is 5.82 Å². The van der Waals surface area contributed by atoms with E-state index in [1.54, 1.807) is 0 Å². The van der Waals surface area contributed by atoms with Crippen LogP contribution in [0.4, 0.5) is 17.5 Å². The molecule has 0 bridgehead atoms. The number of aryl methyl sites for hydroxylation is 3. The van der Waals surface area contributed by atoms with E-state index in [1.807, 2.05) is 6.92 Å². The zero-order valence-electron chi connectivity index (χ0n) is 13.7. The summed E-state index contributed by atoms with van der Waals surface area (Å²) in [7, 11) is 0. The molecule has 1 aliphatic heterocycles. The Morgan fingerprint density at radius 1 is 0.955 bits per heavy atom. The highest BCUT2D eigenvalue weighted by atomic mass is 15.2. The number of nitrogens with one attached hydrogen (secondary N) is 1. The van der Waals surface area contributed by atoms with Crippen LogP contribution in [0.2, 0.25) is 0 Å². The fourth-order valence-electron chi connectivity index (χ4n) is 2.88. The van der Waals surface area contributed by atoms with E-state index in [-0.39, 0.29) is 0 Å². The number of nitrogens with zero attached hydrogens (tertiary/aromatic N) is 3. The molecule has 0 radical (unpaired) electrons. The minimum absolute atomic E-state index is 0.689. The summed E-state index contributed by atoms with van der Waals surface area (Å²) in [5.41, 5.74) is 4.52. The highest BCUT2D eigenvalue weighted by molar-refractivity contribution is 5.60. The fraction of sp³-hybridized carbons (Fsp3) is 0.444. The van der Waals surface area contributed by atoms with Crippen LogP contribution in [0.3, 0.4) is 0 Å². The van der Waals surface area contributed by atoms with Crippen LogP contribution in [-0.4, -0.2) is 23.1 Å². The number of anilines is 3. The standard InChI is InChI=1S/C18H24N4/c1-13-7-8-14(2)16(11-13)20-18-19-15(3)12-17(21-18)22-9-5-4-6-10-22/h7-8,11-12H,4-6,9-10H2,1-3H3,(H,19,20,21). The van der Waals surface area contributed by atoms with Gasteiger partial charge in [0.2, 0.25) is 5.95 Å². The van der Waals surface area contributed by atoms with E-state index in [9.17, 15) is 0 Å². The molecule has 0 amide bonds. The van der Waals surface area contributed by atoms with E-state index in [0.717, 1.165) is 30.3 Å². The largest absolute Gasteiger partial charge is 0.356 e. The Morgan fingerprint density at radius 3 is 2.50 bits per heavy atom. The van der Waals surface area contributed by atoms with Crippen molar-refractivity contribution in [3.05, 3.63) is 41.1 Å². The van der Waals surface area contributed by atoms with Gasteiger partial charge >= 0.3 is 0 Å². The third-order valence-electron chi connectivity index (χ3n) is 4.16. The molecule has 0 spiro atoms. The smallest absolute Gasteiger partial charge is 0.229 e. The molecule has 0 atom stereocenters. The maximum Gasteiger partial charge on any atom is 0.229 e. The lowest BCUT2D eigenvalue weighted by atomic mass is 10.1. The van der Waals surface area contributed by atoms with Gasteiger partial charge in [-0.2, -0.15) is 4.98 Å². The molecule has 4 heteroatoms. The van der Waals surface area contributed by atoms with Crippen molar-refractivity contribution >= 4 is 17.5 Å². The average molecular weight is 296 g/mol. The Balaban J connectivity index is 1.87. The number of hydrogen-bond acceptors (Lipinski definition) is 4. The van der Waals surface area contributed by atoms with E-state index >= 15 is 0 Å². The van der Waals surface area contributed by atoms with E-state index in [4.69, 9.17) is 4.98 Å². The van der Waals surface area contributed by atoms with Gasteiger partial charge in [-0.25, -0.2) is 4.98 Å². The highest BCUT2D eigenvalue weighted by Crippen LogP contribution is 2.23.